The van der Waals surface area contributed by atoms with Gasteiger partial charge in [0.2, 0.25) is 5.91 Å². The average molecular weight is 320 g/mol. The molecule has 2 heterocycles. The van der Waals surface area contributed by atoms with Crippen molar-refractivity contribution < 1.29 is 13.2 Å². The topological polar surface area (TPSA) is 66.5 Å². The molecule has 2 aliphatic heterocycles. The van der Waals surface area contributed by atoms with Crippen LogP contribution in [0.1, 0.15) is 25.7 Å². The number of rotatable bonds is 4. The summed E-state index contributed by atoms with van der Waals surface area (Å²) in [6.07, 6.45) is 4.86. The zero-order valence-electron chi connectivity index (χ0n) is 12.0. The SMILES string of the molecule is CS(=O)(=O)C1CSCCN1C(=O)CCC1CCNCC1. The van der Waals surface area contributed by atoms with Crippen LogP contribution in [-0.2, 0) is 14.6 Å². The van der Waals surface area contributed by atoms with Crippen molar-refractivity contribution in [2.24, 2.45) is 5.92 Å². The van der Waals surface area contributed by atoms with Gasteiger partial charge in [-0.05, 0) is 38.3 Å². The van der Waals surface area contributed by atoms with E-state index in [0.29, 0.717) is 24.6 Å². The van der Waals surface area contributed by atoms with E-state index in [2.05, 4.69) is 5.32 Å². The summed E-state index contributed by atoms with van der Waals surface area (Å²) in [6, 6.07) is 0. The van der Waals surface area contributed by atoms with Crippen LogP contribution in [0, 0.1) is 5.92 Å². The summed E-state index contributed by atoms with van der Waals surface area (Å²) < 4.78 is 23.6. The lowest BCUT2D eigenvalue weighted by Crippen LogP contribution is -2.50. The standard InChI is InChI=1S/C13H24N2O3S2/c1-20(17,18)13-10-19-9-8-15(13)12(16)3-2-11-4-6-14-7-5-11/h11,13-14H,2-10H2,1H3. The molecule has 0 bridgehead atoms. The molecule has 2 aliphatic rings. The summed E-state index contributed by atoms with van der Waals surface area (Å²) in [5.74, 6) is 1.97. The van der Waals surface area contributed by atoms with Crippen LogP contribution < -0.4 is 5.32 Å². The normalized spacial score (nSPS) is 25.6. The molecule has 1 unspecified atom stereocenters. The highest BCUT2D eigenvalue weighted by atomic mass is 32.2. The number of carbonyl (C=O) groups is 1. The molecular weight excluding hydrogens is 296 g/mol. The van der Waals surface area contributed by atoms with Crippen LogP contribution in [0.5, 0.6) is 0 Å². The molecule has 2 rings (SSSR count). The molecule has 7 heteroatoms. The first-order valence-electron chi connectivity index (χ1n) is 7.25. The third-order valence-corrected chi connectivity index (χ3v) is 6.77. The number of piperidine rings is 1. The lowest BCUT2D eigenvalue weighted by molar-refractivity contribution is -0.132. The van der Waals surface area contributed by atoms with Crippen LogP contribution in [0.3, 0.4) is 0 Å². The Morgan fingerprint density at radius 2 is 2.05 bits per heavy atom. The number of thioether (sulfide) groups is 1. The first-order valence-corrected chi connectivity index (χ1v) is 10.4. The quantitative estimate of drug-likeness (QED) is 0.826. The van der Waals surface area contributed by atoms with Crippen molar-refractivity contribution in [2.75, 3.05) is 37.4 Å². The minimum absolute atomic E-state index is 0.0132. The van der Waals surface area contributed by atoms with Crippen LogP contribution in [0.15, 0.2) is 0 Å². The Morgan fingerprint density at radius 3 is 2.70 bits per heavy atom. The number of hydrogen-bond donors (Lipinski definition) is 1. The maximum atomic E-state index is 12.3. The summed E-state index contributed by atoms with van der Waals surface area (Å²) >= 11 is 1.62. The van der Waals surface area contributed by atoms with Crippen molar-refractivity contribution in [3.05, 3.63) is 0 Å². The lowest BCUT2D eigenvalue weighted by Gasteiger charge is -2.34. The van der Waals surface area contributed by atoms with E-state index < -0.39 is 15.2 Å². The molecule has 0 aliphatic carbocycles. The van der Waals surface area contributed by atoms with E-state index in [0.717, 1.165) is 38.1 Å². The molecule has 0 aromatic carbocycles. The minimum Gasteiger partial charge on any atom is -0.324 e. The van der Waals surface area contributed by atoms with Gasteiger partial charge >= 0.3 is 0 Å². The van der Waals surface area contributed by atoms with E-state index in [9.17, 15) is 13.2 Å². The van der Waals surface area contributed by atoms with Gasteiger partial charge in [0.05, 0.1) is 0 Å². The highest BCUT2D eigenvalue weighted by Crippen LogP contribution is 2.23. The summed E-state index contributed by atoms with van der Waals surface area (Å²) in [5, 5.41) is 2.69. The number of hydrogen-bond acceptors (Lipinski definition) is 5. The molecule has 1 N–H and O–H groups in total. The van der Waals surface area contributed by atoms with Gasteiger partial charge in [0.25, 0.3) is 0 Å². The van der Waals surface area contributed by atoms with Gasteiger partial charge in [-0.15, -0.1) is 0 Å². The molecular formula is C13H24N2O3S2. The van der Waals surface area contributed by atoms with Crippen molar-refractivity contribution in [3.8, 4) is 0 Å². The minimum atomic E-state index is -3.19. The average Bonchev–Trinajstić information content (AvgIpc) is 2.45. The van der Waals surface area contributed by atoms with E-state index in [1.807, 2.05) is 0 Å². The largest absolute Gasteiger partial charge is 0.324 e. The Labute approximate surface area is 125 Å². The van der Waals surface area contributed by atoms with E-state index in [4.69, 9.17) is 0 Å². The predicted octanol–water partition coefficient (Wildman–Crippen LogP) is 0.712. The van der Waals surface area contributed by atoms with E-state index in [-0.39, 0.29) is 5.91 Å². The maximum absolute atomic E-state index is 12.3. The van der Waals surface area contributed by atoms with E-state index in [1.54, 1.807) is 16.7 Å². The lowest BCUT2D eigenvalue weighted by atomic mass is 9.93. The molecule has 116 valence electrons. The zero-order valence-corrected chi connectivity index (χ0v) is 13.6. The number of amides is 1. The third-order valence-electron chi connectivity index (χ3n) is 4.12. The van der Waals surface area contributed by atoms with Crippen molar-refractivity contribution >= 4 is 27.5 Å². The monoisotopic (exact) mass is 320 g/mol. The second kappa shape index (κ2) is 7.13. The highest BCUT2D eigenvalue weighted by molar-refractivity contribution is 8.00. The summed E-state index contributed by atoms with van der Waals surface area (Å²) in [7, 11) is -3.19. The fraction of sp³-hybridized carbons (Fsp3) is 0.923. The van der Waals surface area contributed by atoms with Crippen molar-refractivity contribution in [3.63, 3.8) is 0 Å². The number of sulfone groups is 1. The molecule has 5 nitrogen and oxygen atoms in total. The van der Waals surface area contributed by atoms with Gasteiger partial charge in [0, 0.05) is 30.7 Å². The summed E-state index contributed by atoms with van der Waals surface area (Å²) in [5.41, 5.74) is 0. The molecule has 20 heavy (non-hydrogen) atoms. The van der Waals surface area contributed by atoms with Crippen molar-refractivity contribution in [2.45, 2.75) is 31.1 Å². The summed E-state index contributed by atoms with van der Waals surface area (Å²) in [4.78, 5) is 13.9. The molecule has 2 saturated heterocycles. The third kappa shape index (κ3) is 4.36. The number of nitrogens with zero attached hydrogens (tertiary/aromatic N) is 1. The predicted molar refractivity (Wildman–Crippen MR) is 82.5 cm³/mol. The Balaban J connectivity index is 1.89. The maximum Gasteiger partial charge on any atom is 0.223 e. The van der Waals surface area contributed by atoms with Gasteiger partial charge in [0.1, 0.15) is 5.37 Å². The van der Waals surface area contributed by atoms with Crippen LogP contribution in [0.25, 0.3) is 0 Å². The fourth-order valence-corrected chi connectivity index (χ4v) is 5.70. The smallest absolute Gasteiger partial charge is 0.223 e. The molecule has 0 spiro atoms. The van der Waals surface area contributed by atoms with Crippen LogP contribution in [-0.4, -0.2) is 62.0 Å². The van der Waals surface area contributed by atoms with Gasteiger partial charge in [-0.1, -0.05) is 0 Å². The van der Waals surface area contributed by atoms with E-state index in [1.165, 1.54) is 6.26 Å². The Hall–Kier alpha value is -0.270. The van der Waals surface area contributed by atoms with Gasteiger partial charge in [-0.25, -0.2) is 8.42 Å². The molecule has 0 saturated carbocycles. The summed E-state index contributed by atoms with van der Waals surface area (Å²) in [6.45, 7) is 2.63. The molecule has 2 fully saturated rings. The number of carbonyl (C=O) groups excluding carboxylic acids is 1. The molecule has 0 aromatic rings. The van der Waals surface area contributed by atoms with Gasteiger partial charge in [0.15, 0.2) is 9.84 Å². The molecule has 1 amide bonds. The van der Waals surface area contributed by atoms with Gasteiger partial charge in [-0.2, -0.15) is 11.8 Å². The Morgan fingerprint density at radius 1 is 1.35 bits per heavy atom. The molecule has 0 radical (unpaired) electrons. The zero-order chi connectivity index (χ0) is 14.6. The van der Waals surface area contributed by atoms with Crippen molar-refractivity contribution in [1.82, 2.24) is 10.2 Å². The Kier molecular flexibility index (Phi) is 5.74. The highest BCUT2D eigenvalue weighted by Gasteiger charge is 2.34. The Bertz CT molecular complexity index is 433. The first kappa shape index (κ1) is 16.1. The van der Waals surface area contributed by atoms with Crippen LogP contribution in [0.4, 0.5) is 0 Å². The van der Waals surface area contributed by atoms with Crippen molar-refractivity contribution in [1.29, 1.82) is 0 Å². The van der Waals surface area contributed by atoms with Gasteiger partial charge in [-0.3, -0.25) is 4.79 Å². The first-order chi connectivity index (χ1) is 9.48. The van der Waals surface area contributed by atoms with Crippen LogP contribution in [0.2, 0.25) is 0 Å². The fourth-order valence-electron chi connectivity index (χ4n) is 2.86. The molecule has 1 atom stereocenters. The van der Waals surface area contributed by atoms with E-state index >= 15 is 0 Å². The van der Waals surface area contributed by atoms with Gasteiger partial charge < -0.3 is 10.2 Å². The molecule has 0 aromatic heterocycles. The second-order valence-electron chi connectivity index (χ2n) is 5.68. The number of nitrogens with one attached hydrogen (secondary N) is 1. The second-order valence-corrected chi connectivity index (χ2v) is 9.03. The van der Waals surface area contributed by atoms with Crippen LogP contribution >= 0.6 is 11.8 Å².